The van der Waals surface area contributed by atoms with E-state index in [2.05, 4.69) is 31.4 Å². The maximum absolute atomic E-state index is 12.1. The van der Waals surface area contributed by atoms with Crippen molar-refractivity contribution in [3.8, 4) is 11.5 Å². The summed E-state index contributed by atoms with van der Waals surface area (Å²) in [6, 6.07) is 11.7. The molecular weight excluding hydrogens is 405 g/mol. The van der Waals surface area contributed by atoms with Crippen LogP contribution in [-0.4, -0.2) is 16.1 Å². The Morgan fingerprint density at radius 1 is 1.09 bits per heavy atom. The summed E-state index contributed by atoms with van der Waals surface area (Å²) < 4.78 is 6.29. The van der Waals surface area contributed by atoms with Crippen molar-refractivity contribution in [2.75, 3.05) is 5.32 Å². The van der Waals surface area contributed by atoms with Crippen LogP contribution < -0.4 is 5.32 Å². The summed E-state index contributed by atoms with van der Waals surface area (Å²) in [4.78, 5) is 12.1. The number of hydrogen-bond acceptors (Lipinski definition) is 4. The van der Waals surface area contributed by atoms with Crippen molar-refractivity contribution in [1.82, 2.24) is 10.2 Å². The number of benzene rings is 2. The van der Waals surface area contributed by atoms with Gasteiger partial charge in [-0.2, -0.15) is 0 Å². The number of halogens is 3. The maximum Gasteiger partial charge on any atom is 0.322 e. The van der Waals surface area contributed by atoms with Crippen LogP contribution in [-0.2, 0) is 0 Å². The minimum Gasteiger partial charge on any atom is -0.403 e. The molecule has 2 aromatic carbocycles. The van der Waals surface area contributed by atoms with Gasteiger partial charge in [0, 0.05) is 15.1 Å². The Labute approximate surface area is 149 Å². The van der Waals surface area contributed by atoms with Gasteiger partial charge >= 0.3 is 6.01 Å². The van der Waals surface area contributed by atoms with Gasteiger partial charge in [0.15, 0.2) is 0 Å². The van der Waals surface area contributed by atoms with E-state index in [0.717, 1.165) is 4.47 Å². The Morgan fingerprint density at radius 2 is 1.83 bits per heavy atom. The molecule has 0 saturated carbocycles. The van der Waals surface area contributed by atoms with E-state index in [1.54, 1.807) is 42.5 Å². The van der Waals surface area contributed by atoms with Gasteiger partial charge in [0.05, 0.1) is 10.6 Å². The summed E-state index contributed by atoms with van der Waals surface area (Å²) in [6.07, 6.45) is 0. The first kappa shape index (κ1) is 16.0. The van der Waals surface area contributed by atoms with E-state index < -0.39 is 0 Å². The summed E-state index contributed by atoms with van der Waals surface area (Å²) in [5.74, 6) is -0.187. The largest absolute Gasteiger partial charge is 0.403 e. The molecular formula is C15H8BrCl2N3O2. The molecule has 0 radical (unpaired) electrons. The predicted octanol–water partition coefficient (Wildman–Crippen LogP) is 5.06. The predicted molar refractivity (Wildman–Crippen MR) is 91.8 cm³/mol. The second-order valence-electron chi connectivity index (χ2n) is 4.50. The van der Waals surface area contributed by atoms with Gasteiger partial charge in [-0.05, 0) is 42.5 Å². The molecule has 1 amide bonds. The standard InChI is InChI=1S/C15H8BrCl2N3O2/c16-9-3-1-8(2-4-9)13(22)19-15-21-20-14(23-15)11-7-10(17)5-6-12(11)18/h1-7H,(H,19,21,22). The quantitative estimate of drug-likeness (QED) is 0.652. The van der Waals surface area contributed by atoms with Crippen molar-refractivity contribution in [3.63, 3.8) is 0 Å². The number of carbonyl (C=O) groups is 1. The number of aromatic nitrogens is 2. The van der Waals surface area contributed by atoms with Crippen LogP contribution in [0.5, 0.6) is 0 Å². The highest BCUT2D eigenvalue weighted by Gasteiger charge is 2.15. The van der Waals surface area contributed by atoms with Crippen molar-refractivity contribution in [2.45, 2.75) is 0 Å². The molecule has 3 aromatic rings. The number of carbonyl (C=O) groups excluding carboxylic acids is 1. The lowest BCUT2D eigenvalue weighted by molar-refractivity contribution is 0.102. The fourth-order valence-corrected chi connectivity index (χ4v) is 2.45. The Bertz CT molecular complexity index is 865. The Kier molecular flexibility index (Phi) is 4.66. The van der Waals surface area contributed by atoms with Crippen LogP contribution in [0.1, 0.15) is 10.4 Å². The molecule has 0 bridgehead atoms. The van der Waals surface area contributed by atoms with Gasteiger partial charge < -0.3 is 4.42 Å². The molecule has 3 rings (SSSR count). The monoisotopic (exact) mass is 411 g/mol. The van der Waals surface area contributed by atoms with Crippen LogP contribution in [0.2, 0.25) is 10.0 Å². The van der Waals surface area contributed by atoms with Crippen molar-refractivity contribution < 1.29 is 9.21 Å². The zero-order chi connectivity index (χ0) is 16.4. The number of nitrogens with zero attached hydrogens (tertiary/aromatic N) is 2. The third-order valence-electron chi connectivity index (χ3n) is 2.91. The molecule has 0 saturated heterocycles. The fraction of sp³-hybridized carbons (Fsp3) is 0. The van der Waals surface area contributed by atoms with Crippen LogP contribution in [0.25, 0.3) is 11.5 Å². The third kappa shape index (κ3) is 3.72. The van der Waals surface area contributed by atoms with Crippen LogP contribution in [0.4, 0.5) is 6.01 Å². The second-order valence-corrected chi connectivity index (χ2v) is 6.26. The van der Waals surface area contributed by atoms with Crippen molar-refractivity contribution >= 4 is 51.1 Å². The summed E-state index contributed by atoms with van der Waals surface area (Å²) in [7, 11) is 0. The Morgan fingerprint density at radius 3 is 2.57 bits per heavy atom. The van der Waals surface area contributed by atoms with E-state index in [1.807, 2.05) is 0 Å². The molecule has 0 aliphatic heterocycles. The summed E-state index contributed by atoms with van der Waals surface area (Å²) >= 11 is 15.3. The number of hydrogen-bond donors (Lipinski definition) is 1. The van der Waals surface area contributed by atoms with Gasteiger partial charge in [-0.15, -0.1) is 5.10 Å². The van der Waals surface area contributed by atoms with Gasteiger partial charge in [0.1, 0.15) is 0 Å². The van der Waals surface area contributed by atoms with Gasteiger partial charge in [-0.1, -0.05) is 44.2 Å². The molecule has 1 aromatic heterocycles. The van der Waals surface area contributed by atoms with E-state index in [1.165, 1.54) is 0 Å². The van der Waals surface area contributed by atoms with Gasteiger partial charge in [0.2, 0.25) is 0 Å². The Balaban J connectivity index is 1.81. The molecule has 116 valence electrons. The van der Waals surface area contributed by atoms with E-state index in [4.69, 9.17) is 27.6 Å². The van der Waals surface area contributed by atoms with Crippen molar-refractivity contribution in [1.29, 1.82) is 0 Å². The first-order valence-corrected chi connectivity index (χ1v) is 7.93. The van der Waals surface area contributed by atoms with Crippen LogP contribution in [0.15, 0.2) is 51.4 Å². The molecule has 8 heteroatoms. The molecule has 1 N–H and O–H groups in total. The smallest absolute Gasteiger partial charge is 0.322 e. The molecule has 1 heterocycles. The van der Waals surface area contributed by atoms with Crippen molar-refractivity contribution in [3.05, 3.63) is 62.5 Å². The first-order chi connectivity index (χ1) is 11.0. The zero-order valence-corrected chi connectivity index (χ0v) is 14.5. The lowest BCUT2D eigenvalue weighted by Crippen LogP contribution is -2.11. The molecule has 0 unspecified atom stereocenters. The van der Waals surface area contributed by atoms with Gasteiger partial charge in [-0.25, -0.2) is 0 Å². The molecule has 5 nitrogen and oxygen atoms in total. The zero-order valence-electron chi connectivity index (χ0n) is 11.4. The lowest BCUT2D eigenvalue weighted by atomic mass is 10.2. The van der Waals surface area contributed by atoms with Crippen molar-refractivity contribution in [2.24, 2.45) is 0 Å². The van der Waals surface area contributed by atoms with E-state index in [-0.39, 0.29) is 17.8 Å². The average Bonchev–Trinajstić information content (AvgIpc) is 2.98. The minimum atomic E-state index is -0.357. The molecule has 0 aliphatic carbocycles. The molecule has 0 spiro atoms. The summed E-state index contributed by atoms with van der Waals surface area (Å²) in [6.45, 7) is 0. The molecule has 23 heavy (non-hydrogen) atoms. The van der Waals surface area contributed by atoms with E-state index in [0.29, 0.717) is 21.2 Å². The van der Waals surface area contributed by atoms with Gasteiger partial charge in [0.25, 0.3) is 11.8 Å². The SMILES string of the molecule is O=C(Nc1nnc(-c2cc(Cl)ccc2Cl)o1)c1ccc(Br)cc1. The van der Waals surface area contributed by atoms with E-state index >= 15 is 0 Å². The maximum atomic E-state index is 12.1. The van der Waals surface area contributed by atoms with Crippen LogP contribution >= 0.6 is 39.1 Å². The fourth-order valence-electron chi connectivity index (χ4n) is 1.81. The molecule has 0 fully saturated rings. The molecule has 0 atom stereocenters. The topological polar surface area (TPSA) is 68.0 Å². The highest BCUT2D eigenvalue weighted by Crippen LogP contribution is 2.30. The summed E-state index contributed by atoms with van der Waals surface area (Å²) in [5.41, 5.74) is 0.963. The second kappa shape index (κ2) is 6.70. The average molecular weight is 413 g/mol. The normalized spacial score (nSPS) is 10.6. The van der Waals surface area contributed by atoms with Gasteiger partial charge in [-0.3, -0.25) is 10.1 Å². The lowest BCUT2D eigenvalue weighted by Gasteiger charge is -2.01. The number of nitrogens with one attached hydrogen (secondary N) is 1. The number of anilines is 1. The number of amides is 1. The first-order valence-electron chi connectivity index (χ1n) is 6.39. The Hall–Kier alpha value is -1.89. The third-order valence-corrected chi connectivity index (χ3v) is 4.00. The minimum absolute atomic E-state index is 0.0241. The van der Waals surface area contributed by atoms with Crippen LogP contribution in [0.3, 0.4) is 0 Å². The van der Waals surface area contributed by atoms with Crippen LogP contribution in [0, 0.1) is 0 Å². The molecule has 0 aliphatic rings. The summed E-state index contributed by atoms with van der Waals surface area (Å²) in [5, 5.41) is 11.1. The van der Waals surface area contributed by atoms with E-state index in [9.17, 15) is 4.79 Å². The highest BCUT2D eigenvalue weighted by molar-refractivity contribution is 9.10. The number of rotatable bonds is 3. The highest BCUT2D eigenvalue weighted by atomic mass is 79.9.